The van der Waals surface area contributed by atoms with Crippen LogP contribution in [0.5, 0.6) is 0 Å². The first kappa shape index (κ1) is 19.5. The summed E-state index contributed by atoms with van der Waals surface area (Å²) < 4.78 is 80.1. The van der Waals surface area contributed by atoms with E-state index in [0.29, 0.717) is 5.39 Å². The Bertz CT molecular complexity index is 1090. The Morgan fingerprint density at radius 2 is 1.50 bits per heavy atom. The smallest absolute Gasteiger partial charge is 0.398 e. The zero-order valence-corrected chi connectivity index (χ0v) is 13.7. The summed E-state index contributed by atoms with van der Waals surface area (Å²) in [6.07, 6.45) is -10.5. The van der Waals surface area contributed by atoms with Gasteiger partial charge in [0.05, 0.1) is 21.6 Å². The van der Waals surface area contributed by atoms with Crippen LogP contribution in [0.25, 0.3) is 21.9 Å². The molecule has 0 aromatic heterocycles. The molecule has 0 atom stereocenters. The van der Waals surface area contributed by atoms with Crippen molar-refractivity contribution < 1.29 is 31.3 Å². The first-order valence-electron chi connectivity index (χ1n) is 7.65. The van der Waals surface area contributed by atoms with Gasteiger partial charge in [0.2, 0.25) is 0 Å². The molecule has 0 aliphatic carbocycles. The molecule has 2 N–H and O–H groups in total. The number of hydrogen-bond acceptors (Lipinski definition) is 3. The fourth-order valence-corrected chi connectivity index (χ4v) is 2.99. The van der Waals surface area contributed by atoms with Crippen LogP contribution < -0.4 is 5.73 Å². The van der Waals surface area contributed by atoms with Crippen LogP contribution in [0.3, 0.4) is 0 Å². The van der Waals surface area contributed by atoms with Gasteiger partial charge in [-0.15, -0.1) is 0 Å². The quantitative estimate of drug-likeness (QED) is 0.247. The van der Waals surface area contributed by atoms with Crippen molar-refractivity contribution in [2.45, 2.75) is 12.4 Å². The first-order valence-corrected chi connectivity index (χ1v) is 7.65. The number of nitrogen functional groups attached to an aromatic ring is 1. The van der Waals surface area contributed by atoms with Crippen LogP contribution in [0.2, 0.25) is 0 Å². The van der Waals surface area contributed by atoms with Crippen molar-refractivity contribution in [3.8, 4) is 11.1 Å². The Balaban J connectivity index is 2.55. The van der Waals surface area contributed by atoms with Gasteiger partial charge in [-0.3, -0.25) is 10.1 Å². The van der Waals surface area contributed by atoms with Gasteiger partial charge < -0.3 is 5.73 Å². The third kappa shape index (κ3) is 3.32. The lowest BCUT2D eigenvalue weighted by atomic mass is 9.90. The van der Waals surface area contributed by atoms with E-state index in [-0.39, 0.29) is 28.8 Å². The molecule has 0 fully saturated rings. The lowest BCUT2D eigenvalue weighted by Crippen LogP contribution is -2.14. The van der Waals surface area contributed by atoms with Gasteiger partial charge in [0.25, 0.3) is 5.69 Å². The third-order valence-electron chi connectivity index (χ3n) is 4.16. The summed E-state index contributed by atoms with van der Waals surface area (Å²) in [6, 6.07) is 8.71. The van der Waals surface area contributed by atoms with E-state index in [1.165, 1.54) is 24.3 Å². The minimum atomic E-state index is -5.29. The number of rotatable bonds is 2. The molecule has 0 saturated heterocycles. The van der Waals surface area contributed by atoms with Gasteiger partial charge >= 0.3 is 12.4 Å². The number of nitro groups is 1. The van der Waals surface area contributed by atoms with E-state index in [1.807, 2.05) is 0 Å². The second-order valence-corrected chi connectivity index (χ2v) is 5.92. The van der Waals surface area contributed by atoms with Gasteiger partial charge in [0, 0.05) is 17.3 Å². The van der Waals surface area contributed by atoms with Crippen LogP contribution >= 0.6 is 0 Å². The number of nitrogens with zero attached hydrogens (tertiary/aromatic N) is 1. The summed E-state index contributed by atoms with van der Waals surface area (Å²) in [7, 11) is 0. The van der Waals surface area contributed by atoms with E-state index in [0.717, 1.165) is 0 Å². The minimum absolute atomic E-state index is 0.0891. The molecule has 0 unspecified atom stereocenters. The maximum absolute atomic E-state index is 13.6. The molecule has 0 heterocycles. The number of halogens is 6. The normalized spacial score (nSPS) is 12.4. The maximum Gasteiger partial charge on any atom is 0.417 e. The van der Waals surface area contributed by atoms with E-state index < -0.39 is 39.7 Å². The summed E-state index contributed by atoms with van der Waals surface area (Å²) >= 11 is 0. The molecule has 0 aliphatic rings. The van der Waals surface area contributed by atoms with Crippen molar-refractivity contribution >= 4 is 22.1 Å². The lowest BCUT2D eigenvalue weighted by molar-refractivity contribution is -0.384. The number of nitro benzene ring substituents is 1. The highest BCUT2D eigenvalue weighted by molar-refractivity contribution is 6.05. The van der Waals surface area contributed by atoms with Gasteiger partial charge in [0.15, 0.2) is 0 Å². The Morgan fingerprint density at radius 3 is 2.07 bits per heavy atom. The van der Waals surface area contributed by atoms with E-state index in [4.69, 9.17) is 5.73 Å². The van der Waals surface area contributed by atoms with Crippen LogP contribution in [0.1, 0.15) is 11.1 Å². The summed E-state index contributed by atoms with van der Waals surface area (Å²) in [4.78, 5) is 10.2. The molecule has 3 aromatic carbocycles. The predicted octanol–water partition coefficient (Wildman–Crippen LogP) is 6.03. The van der Waals surface area contributed by atoms with E-state index >= 15 is 0 Å². The number of anilines is 1. The van der Waals surface area contributed by atoms with Crippen molar-refractivity contribution in [3.63, 3.8) is 0 Å². The number of nitrogens with two attached hydrogens (primary N) is 1. The van der Waals surface area contributed by atoms with Crippen LogP contribution in [-0.2, 0) is 12.4 Å². The van der Waals surface area contributed by atoms with Gasteiger partial charge in [0.1, 0.15) is 0 Å². The first-order chi connectivity index (χ1) is 12.9. The standard InChI is InChI=1S/C18H10F6N2O2/c19-17(20,21)10-7-12(18(22,23)24)16(14(8-10)26(27)28)15-11-4-2-1-3-9(11)5-6-13(15)25/h1-8H,25H2. The molecule has 0 radical (unpaired) electrons. The molecular formula is C18H10F6N2O2. The third-order valence-corrected chi connectivity index (χ3v) is 4.16. The summed E-state index contributed by atoms with van der Waals surface area (Å²) in [5.41, 5.74) is -0.638. The SMILES string of the molecule is Nc1ccc2ccccc2c1-c1c([N+](=O)[O-])cc(C(F)(F)F)cc1C(F)(F)F. The molecule has 4 nitrogen and oxygen atoms in total. The van der Waals surface area contributed by atoms with Gasteiger partial charge in [-0.1, -0.05) is 30.3 Å². The molecule has 3 aromatic rings. The van der Waals surface area contributed by atoms with Crippen molar-refractivity contribution in [2.75, 3.05) is 5.73 Å². The van der Waals surface area contributed by atoms with Crippen molar-refractivity contribution in [2.24, 2.45) is 0 Å². The molecule has 0 amide bonds. The number of hydrogen-bond donors (Lipinski definition) is 1. The highest BCUT2D eigenvalue weighted by Gasteiger charge is 2.43. The van der Waals surface area contributed by atoms with Crippen LogP contribution in [-0.4, -0.2) is 4.92 Å². The van der Waals surface area contributed by atoms with Gasteiger partial charge in [-0.2, -0.15) is 26.3 Å². The predicted molar refractivity (Wildman–Crippen MR) is 90.5 cm³/mol. The summed E-state index contributed by atoms with van der Waals surface area (Å²) in [6.45, 7) is 0. The molecule has 146 valence electrons. The van der Waals surface area contributed by atoms with E-state index in [1.54, 1.807) is 12.1 Å². The van der Waals surface area contributed by atoms with Crippen molar-refractivity contribution in [1.29, 1.82) is 0 Å². The fraction of sp³-hybridized carbons (Fsp3) is 0.111. The Kier molecular flexibility index (Phi) is 4.44. The second kappa shape index (κ2) is 6.39. The average Bonchev–Trinajstić information content (AvgIpc) is 2.59. The number of benzene rings is 3. The summed E-state index contributed by atoms with van der Waals surface area (Å²) in [5.74, 6) is 0. The minimum Gasteiger partial charge on any atom is -0.398 e. The van der Waals surface area contributed by atoms with Gasteiger partial charge in [-0.05, 0) is 22.9 Å². The molecule has 10 heteroatoms. The molecular weight excluding hydrogens is 390 g/mol. The second-order valence-electron chi connectivity index (χ2n) is 5.92. The topological polar surface area (TPSA) is 69.2 Å². The van der Waals surface area contributed by atoms with E-state index in [9.17, 15) is 36.5 Å². The Morgan fingerprint density at radius 1 is 0.857 bits per heavy atom. The highest BCUT2D eigenvalue weighted by atomic mass is 19.4. The van der Waals surface area contributed by atoms with Crippen LogP contribution in [0.15, 0.2) is 48.5 Å². The molecule has 0 spiro atoms. The Labute approximate surface area is 153 Å². The summed E-state index contributed by atoms with van der Waals surface area (Å²) in [5, 5.41) is 12.0. The molecule has 28 heavy (non-hydrogen) atoms. The van der Waals surface area contributed by atoms with E-state index in [2.05, 4.69) is 0 Å². The fourth-order valence-electron chi connectivity index (χ4n) is 2.99. The number of alkyl halides is 6. The highest BCUT2D eigenvalue weighted by Crippen LogP contribution is 2.48. The molecule has 0 aliphatic heterocycles. The van der Waals surface area contributed by atoms with Gasteiger partial charge in [-0.25, -0.2) is 0 Å². The van der Waals surface area contributed by atoms with Crippen molar-refractivity contribution in [3.05, 3.63) is 69.8 Å². The zero-order chi connectivity index (χ0) is 20.9. The zero-order valence-electron chi connectivity index (χ0n) is 13.7. The Hall–Kier alpha value is -3.30. The average molecular weight is 400 g/mol. The number of fused-ring (bicyclic) bond motifs is 1. The van der Waals surface area contributed by atoms with Crippen LogP contribution in [0.4, 0.5) is 37.7 Å². The van der Waals surface area contributed by atoms with Crippen LogP contribution in [0, 0.1) is 10.1 Å². The lowest BCUT2D eigenvalue weighted by Gasteiger charge is -2.19. The molecule has 0 bridgehead atoms. The maximum atomic E-state index is 13.6. The molecule has 0 saturated carbocycles. The van der Waals surface area contributed by atoms with Crippen molar-refractivity contribution in [1.82, 2.24) is 0 Å². The largest absolute Gasteiger partial charge is 0.417 e. The molecule has 3 rings (SSSR count). The monoisotopic (exact) mass is 400 g/mol.